The van der Waals surface area contributed by atoms with Gasteiger partial charge in [0.1, 0.15) is 21.5 Å². The summed E-state index contributed by atoms with van der Waals surface area (Å²) in [6.07, 6.45) is 0.264. The third-order valence-electron chi connectivity index (χ3n) is 6.19. The predicted octanol–water partition coefficient (Wildman–Crippen LogP) is 2.88. The topological polar surface area (TPSA) is 139 Å². The lowest BCUT2D eigenvalue weighted by molar-refractivity contribution is -0.151. The number of thiazole rings is 1. The van der Waals surface area contributed by atoms with Gasteiger partial charge in [-0.05, 0) is 31.9 Å². The first-order chi connectivity index (χ1) is 16.8. The molecule has 188 valence electrons. The van der Waals surface area contributed by atoms with Gasteiger partial charge in [0.15, 0.2) is 5.69 Å². The van der Waals surface area contributed by atoms with Gasteiger partial charge in [-0.3, -0.25) is 14.5 Å². The Morgan fingerprint density at radius 1 is 1.29 bits per heavy atom. The maximum atomic E-state index is 13.2. The summed E-state index contributed by atoms with van der Waals surface area (Å²) in [4.78, 5) is 43.5. The molecule has 11 nitrogen and oxygen atoms in total. The maximum absolute atomic E-state index is 13.2. The number of methoxy groups -OCH3 is 2. The van der Waals surface area contributed by atoms with Crippen LogP contribution in [-0.4, -0.2) is 66.9 Å². The van der Waals surface area contributed by atoms with Crippen molar-refractivity contribution < 1.29 is 33.7 Å². The molecule has 2 fully saturated rings. The van der Waals surface area contributed by atoms with Gasteiger partial charge >= 0.3 is 6.09 Å². The Bertz CT molecular complexity index is 1130. The molecule has 1 aromatic heterocycles. The standard InChI is InChI=1S/C23H28N4O7S/c1-23(11-34-12-23)21(29)26-20-17(25-19(35-20)15-5-4-8-27(15)22(30)31)18(28)24-10-13-6-7-14(32-2)9-16(13)33-3/h6-7,9,15H,4-5,8,10-12H2,1-3H3,(H,24,28)(H,26,29)(H,30,31)/t15-/m1/s1. The van der Waals surface area contributed by atoms with Gasteiger partial charge in [-0.1, -0.05) is 11.3 Å². The quantitative estimate of drug-likeness (QED) is 0.499. The minimum Gasteiger partial charge on any atom is -0.497 e. The number of carbonyl (C=O) groups is 3. The second kappa shape index (κ2) is 10.1. The second-order valence-electron chi connectivity index (χ2n) is 8.73. The molecule has 0 spiro atoms. The summed E-state index contributed by atoms with van der Waals surface area (Å²) in [7, 11) is 3.08. The highest BCUT2D eigenvalue weighted by atomic mass is 32.1. The van der Waals surface area contributed by atoms with E-state index in [0.717, 1.165) is 16.9 Å². The number of ether oxygens (including phenoxy) is 3. The Balaban J connectivity index is 1.58. The number of carbonyl (C=O) groups excluding carboxylic acids is 2. The summed E-state index contributed by atoms with van der Waals surface area (Å²) in [6, 6.07) is 4.81. The number of benzene rings is 1. The fraction of sp³-hybridized carbons (Fsp3) is 0.478. The smallest absolute Gasteiger partial charge is 0.407 e. The highest BCUT2D eigenvalue weighted by Crippen LogP contribution is 2.39. The van der Waals surface area contributed by atoms with E-state index in [4.69, 9.17) is 14.2 Å². The van der Waals surface area contributed by atoms with E-state index in [1.165, 1.54) is 12.0 Å². The Hall–Kier alpha value is -3.38. The molecule has 2 aromatic rings. The van der Waals surface area contributed by atoms with E-state index in [-0.39, 0.29) is 23.1 Å². The molecular weight excluding hydrogens is 476 g/mol. The van der Waals surface area contributed by atoms with Crippen molar-refractivity contribution in [3.05, 3.63) is 34.5 Å². The van der Waals surface area contributed by atoms with Crippen molar-refractivity contribution in [1.82, 2.24) is 15.2 Å². The van der Waals surface area contributed by atoms with Gasteiger partial charge in [0.05, 0.1) is 38.9 Å². The number of hydrogen-bond acceptors (Lipinski definition) is 8. The van der Waals surface area contributed by atoms with Crippen LogP contribution in [0.1, 0.15) is 46.9 Å². The Labute approximate surface area is 206 Å². The van der Waals surface area contributed by atoms with Gasteiger partial charge in [-0.25, -0.2) is 9.78 Å². The molecule has 2 aliphatic heterocycles. The molecule has 2 saturated heterocycles. The highest BCUT2D eigenvalue weighted by Gasteiger charge is 2.42. The Kier molecular flexibility index (Phi) is 7.13. The van der Waals surface area contributed by atoms with Crippen LogP contribution in [0.25, 0.3) is 0 Å². The van der Waals surface area contributed by atoms with Crippen molar-refractivity contribution in [2.45, 2.75) is 32.4 Å². The van der Waals surface area contributed by atoms with Crippen LogP contribution in [0.3, 0.4) is 0 Å². The van der Waals surface area contributed by atoms with E-state index in [1.54, 1.807) is 32.2 Å². The molecule has 3 amide bonds. The van der Waals surface area contributed by atoms with Gasteiger partial charge in [-0.2, -0.15) is 0 Å². The van der Waals surface area contributed by atoms with E-state index < -0.39 is 23.5 Å². The summed E-state index contributed by atoms with van der Waals surface area (Å²) in [5.41, 5.74) is 0.0935. The number of nitrogens with zero attached hydrogens (tertiary/aromatic N) is 2. The zero-order valence-electron chi connectivity index (χ0n) is 19.8. The van der Waals surface area contributed by atoms with Crippen molar-refractivity contribution >= 4 is 34.2 Å². The third kappa shape index (κ3) is 5.03. The van der Waals surface area contributed by atoms with Crippen molar-refractivity contribution in [3.8, 4) is 11.5 Å². The molecule has 3 heterocycles. The molecule has 0 radical (unpaired) electrons. The molecule has 35 heavy (non-hydrogen) atoms. The maximum Gasteiger partial charge on any atom is 0.407 e. The van der Waals surface area contributed by atoms with E-state index in [1.807, 2.05) is 0 Å². The van der Waals surface area contributed by atoms with Crippen LogP contribution < -0.4 is 20.1 Å². The molecular formula is C23H28N4O7S. The van der Waals surface area contributed by atoms with E-state index in [9.17, 15) is 19.5 Å². The molecule has 0 bridgehead atoms. The summed E-state index contributed by atoms with van der Waals surface area (Å²) < 4.78 is 15.8. The number of carboxylic acid groups (broad SMARTS) is 1. The zero-order chi connectivity index (χ0) is 25.2. The van der Waals surface area contributed by atoms with Gasteiger partial charge in [0.25, 0.3) is 5.91 Å². The number of nitrogens with one attached hydrogen (secondary N) is 2. The van der Waals surface area contributed by atoms with Gasteiger partial charge < -0.3 is 30.0 Å². The molecule has 3 N–H and O–H groups in total. The molecule has 0 saturated carbocycles. The highest BCUT2D eigenvalue weighted by molar-refractivity contribution is 7.16. The fourth-order valence-corrected chi connectivity index (χ4v) is 5.13. The van der Waals surface area contributed by atoms with Crippen molar-refractivity contribution in [2.24, 2.45) is 5.41 Å². The number of anilines is 1. The predicted molar refractivity (Wildman–Crippen MR) is 127 cm³/mol. The summed E-state index contributed by atoms with van der Waals surface area (Å²) in [5, 5.41) is 15.9. The lowest BCUT2D eigenvalue weighted by Crippen LogP contribution is -2.49. The molecule has 2 aliphatic rings. The van der Waals surface area contributed by atoms with Crippen LogP contribution in [0.5, 0.6) is 11.5 Å². The fourth-order valence-electron chi connectivity index (χ4n) is 4.02. The summed E-state index contributed by atoms with van der Waals surface area (Å²) in [6.45, 7) is 2.92. The van der Waals surface area contributed by atoms with Gasteiger partial charge in [-0.15, -0.1) is 0 Å². The first-order valence-electron chi connectivity index (χ1n) is 11.1. The van der Waals surface area contributed by atoms with Crippen LogP contribution in [0.15, 0.2) is 18.2 Å². The lowest BCUT2D eigenvalue weighted by Gasteiger charge is -2.36. The molecule has 1 atom stereocenters. The zero-order valence-corrected chi connectivity index (χ0v) is 20.6. The Morgan fingerprint density at radius 2 is 2.06 bits per heavy atom. The van der Waals surface area contributed by atoms with Crippen LogP contribution >= 0.6 is 11.3 Å². The van der Waals surface area contributed by atoms with Crippen molar-refractivity contribution in [1.29, 1.82) is 0 Å². The first-order valence-corrected chi connectivity index (χ1v) is 12.0. The van der Waals surface area contributed by atoms with E-state index >= 15 is 0 Å². The third-order valence-corrected chi connectivity index (χ3v) is 7.26. The molecule has 4 rings (SSSR count). The number of rotatable bonds is 8. The molecule has 0 aliphatic carbocycles. The average molecular weight is 505 g/mol. The van der Waals surface area contributed by atoms with Gasteiger partial charge in [0.2, 0.25) is 5.91 Å². The van der Waals surface area contributed by atoms with Crippen LogP contribution in [0, 0.1) is 5.41 Å². The molecule has 1 aromatic carbocycles. The van der Waals surface area contributed by atoms with Crippen molar-refractivity contribution in [3.63, 3.8) is 0 Å². The number of aromatic nitrogens is 1. The van der Waals surface area contributed by atoms with E-state index in [2.05, 4.69) is 15.6 Å². The number of amides is 3. The molecule has 12 heteroatoms. The summed E-state index contributed by atoms with van der Waals surface area (Å²) in [5.74, 6) is 0.416. The first kappa shape index (κ1) is 24.7. The largest absolute Gasteiger partial charge is 0.497 e. The second-order valence-corrected chi connectivity index (χ2v) is 9.76. The van der Waals surface area contributed by atoms with E-state index in [0.29, 0.717) is 49.1 Å². The SMILES string of the molecule is COc1ccc(CNC(=O)c2nc([C@H]3CCCN3C(=O)O)sc2NC(=O)C2(C)COC2)c(OC)c1. The number of likely N-dealkylation sites (tertiary alicyclic amines) is 1. The lowest BCUT2D eigenvalue weighted by atomic mass is 9.88. The minimum absolute atomic E-state index is 0.0481. The van der Waals surface area contributed by atoms with Crippen LogP contribution in [0.2, 0.25) is 0 Å². The summed E-state index contributed by atoms with van der Waals surface area (Å²) >= 11 is 1.13. The normalized spacial score (nSPS) is 18.5. The van der Waals surface area contributed by atoms with Crippen LogP contribution in [-0.2, 0) is 16.1 Å². The average Bonchev–Trinajstić information content (AvgIpc) is 3.48. The minimum atomic E-state index is -1.04. The Morgan fingerprint density at radius 3 is 2.69 bits per heavy atom. The van der Waals surface area contributed by atoms with Crippen molar-refractivity contribution in [2.75, 3.05) is 39.3 Å². The monoisotopic (exact) mass is 504 g/mol. The number of hydrogen-bond donors (Lipinski definition) is 3. The van der Waals surface area contributed by atoms with Crippen LogP contribution in [0.4, 0.5) is 9.80 Å². The van der Waals surface area contributed by atoms with Gasteiger partial charge in [0, 0.05) is 24.7 Å². The molecule has 0 unspecified atom stereocenters.